The molecule has 2 aliphatic rings. The number of carbonyl (C=O) groups is 1. The number of hydrogen-bond donors (Lipinski definition) is 2. The number of amides is 1. The summed E-state index contributed by atoms with van der Waals surface area (Å²) in [6, 6.07) is -0.337. The number of carbonyl (C=O) groups excluding carboxylic acids is 1. The average molecular weight is 247 g/mol. The quantitative estimate of drug-likeness (QED) is 0.426. The maximum atomic E-state index is 11.1. The zero-order valence-electron chi connectivity index (χ0n) is 8.90. The van der Waals surface area contributed by atoms with Gasteiger partial charge in [0.15, 0.2) is 6.10 Å². The number of nitrogens with two attached hydrogens (primary N) is 1. The van der Waals surface area contributed by atoms with E-state index in [2.05, 4.69) is 10.2 Å². The second-order valence-electron chi connectivity index (χ2n) is 3.84. The van der Waals surface area contributed by atoms with Crippen molar-refractivity contribution in [2.24, 2.45) is 5.73 Å². The van der Waals surface area contributed by atoms with E-state index in [0.717, 1.165) is 0 Å². The summed E-state index contributed by atoms with van der Waals surface area (Å²) in [6.45, 7) is 0.187. The standard InChI is InChI=1S/C8H13N3O6/c9-1-6(12)10-4-2-15-8-5(17-11(13)14)3-16-7(4)8/h4-5,7-8H,1-3,9H2,(H,10,12)/t4-,5?,7-,8-/m1/s1. The van der Waals surface area contributed by atoms with Crippen LogP contribution in [-0.2, 0) is 19.1 Å². The molecular formula is C8H13N3O6. The van der Waals surface area contributed by atoms with E-state index in [1.165, 1.54) is 0 Å². The Morgan fingerprint density at radius 1 is 1.47 bits per heavy atom. The third kappa shape index (κ3) is 2.46. The highest BCUT2D eigenvalue weighted by atomic mass is 17.0. The minimum Gasteiger partial charge on any atom is -0.371 e. The number of nitrogens with zero attached hydrogens (tertiary/aromatic N) is 1. The van der Waals surface area contributed by atoms with Crippen molar-refractivity contribution < 1.29 is 24.2 Å². The summed E-state index contributed by atoms with van der Waals surface area (Å²) in [5, 5.41) is 12.0. The topological polar surface area (TPSA) is 126 Å². The minimum atomic E-state index is -0.869. The fourth-order valence-electron chi connectivity index (χ4n) is 2.05. The zero-order chi connectivity index (χ0) is 12.4. The monoisotopic (exact) mass is 247 g/mol. The van der Waals surface area contributed by atoms with Gasteiger partial charge in [-0.15, -0.1) is 10.1 Å². The van der Waals surface area contributed by atoms with Gasteiger partial charge in [-0.1, -0.05) is 0 Å². The predicted molar refractivity (Wildman–Crippen MR) is 52.3 cm³/mol. The molecule has 2 aliphatic heterocycles. The third-order valence-corrected chi connectivity index (χ3v) is 2.76. The summed E-state index contributed by atoms with van der Waals surface area (Å²) >= 11 is 0. The molecule has 2 fully saturated rings. The Hall–Kier alpha value is -1.45. The first-order valence-electron chi connectivity index (χ1n) is 5.15. The molecule has 0 saturated carbocycles. The Balaban J connectivity index is 1.92. The summed E-state index contributed by atoms with van der Waals surface area (Å²) in [4.78, 5) is 25.8. The molecule has 1 amide bonds. The molecule has 0 bridgehead atoms. The van der Waals surface area contributed by atoms with E-state index in [4.69, 9.17) is 15.2 Å². The molecular weight excluding hydrogens is 234 g/mol. The van der Waals surface area contributed by atoms with Gasteiger partial charge in [0, 0.05) is 0 Å². The van der Waals surface area contributed by atoms with E-state index in [9.17, 15) is 14.9 Å². The highest BCUT2D eigenvalue weighted by Crippen LogP contribution is 2.28. The Labute approximate surface area is 96.3 Å². The van der Waals surface area contributed by atoms with Crippen LogP contribution in [0, 0.1) is 10.1 Å². The Morgan fingerprint density at radius 3 is 2.82 bits per heavy atom. The lowest BCUT2D eigenvalue weighted by atomic mass is 10.1. The van der Waals surface area contributed by atoms with Gasteiger partial charge in [0.25, 0.3) is 5.09 Å². The van der Waals surface area contributed by atoms with Crippen LogP contribution in [0.4, 0.5) is 0 Å². The number of nitrogens with one attached hydrogen (secondary N) is 1. The molecule has 9 nitrogen and oxygen atoms in total. The van der Waals surface area contributed by atoms with E-state index >= 15 is 0 Å². The van der Waals surface area contributed by atoms with Gasteiger partial charge in [-0.2, -0.15) is 0 Å². The molecule has 2 rings (SSSR count). The van der Waals surface area contributed by atoms with Crippen LogP contribution in [0.5, 0.6) is 0 Å². The molecule has 0 aromatic carbocycles. The van der Waals surface area contributed by atoms with Crippen LogP contribution in [-0.4, -0.2) is 55.1 Å². The minimum absolute atomic E-state index is 0.0747. The number of hydrogen-bond acceptors (Lipinski definition) is 7. The van der Waals surface area contributed by atoms with Crippen LogP contribution < -0.4 is 11.1 Å². The van der Waals surface area contributed by atoms with Gasteiger partial charge in [0.2, 0.25) is 5.91 Å². The molecule has 1 unspecified atom stereocenters. The fourth-order valence-corrected chi connectivity index (χ4v) is 2.05. The van der Waals surface area contributed by atoms with Crippen molar-refractivity contribution in [3.05, 3.63) is 10.1 Å². The fraction of sp³-hybridized carbons (Fsp3) is 0.875. The number of fused-ring (bicyclic) bond motifs is 1. The Morgan fingerprint density at radius 2 is 2.18 bits per heavy atom. The summed E-state index contributed by atoms with van der Waals surface area (Å²) in [5.74, 6) is -0.318. The molecule has 0 aromatic rings. The number of ether oxygens (including phenoxy) is 2. The Bertz CT molecular complexity index is 324. The zero-order valence-corrected chi connectivity index (χ0v) is 8.90. The molecule has 2 saturated heterocycles. The summed E-state index contributed by atoms with van der Waals surface area (Å²) in [5.41, 5.74) is 5.17. The molecule has 0 spiro atoms. The van der Waals surface area contributed by atoms with Gasteiger partial charge in [-0.25, -0.2) is 0 Å². The van der Waals surface area contributed by atoms with Crippen LogP contribution in [0.3, 0.4) is 0 Å². The van der Waals surface area contributed by atoms with E-state index in [1.54, 1.807) is 0 Å². The summed E-state index contributed by atoms with van der Waals surface area (Å²) in [6.07, 6.45) is -1.69. The van der Waals surface area contributed by atoms with Crippen LogP contribution in [0.1, 0.15) is 0 Å². The van der Waals surface area contributed by atoms with Crippen LogP contribution in [0.25, 0.3) is 0 Å². The molecule has 0 aromatic heterocycles. The smallest absolute Gasteiger partial charge is 0.294 e. The van der Waals surface area contributed by atoms with Gasteiger partial charge in [0.1, 0.15) is 12.2 Å². The lowest BCUT2D eigenvalue weighted by molar-refractivity contribution is -0.769. The third-order valence-electron chi connectivity index (χ3n) is 2.76. The first-order chi connectivity index (χ1) is 8.11. The molecule has 4 atom stereocenters. The van der Waals surface area contributed by atoms with E-state index in [1.807, 2.05) is 0 Å². The average Bonchev–Trinajstić information content (AvgIpc) is 2.83. The maximum Gasteiger partial charge on any atom is 0.294 e. The van der Waals surface area contributed by atoms with Crippen LogP contribution in [0.15, 0.2) is 0 Å². The van der Waals surface area contributed by atoms with Crippen molar-refractivity contribution in [1.29, 1.82) is 0 Å². The van der Waals surface area contributed by atoms with Gasteiger partial charge < -0.3 is 25.4 Å². The molecule has 3 N–H and O–H groups in total. The first-order valence-corrected chi connectivity index (χ1v) is 5.15. The predicted octanol–water partition coefficient (Wildman–Crippen LogP) is -2.20. The lowest BCUT2D eigenvalue weighted by Gasteiger charge is -2.16. The molecule has 17 heavy (non-hydrogen) atoms. The second-order valence-corrected chi connectivity index (χ2v) is 3.84. The maximum absolute atomic E-state index is 11.1. The van der Waals surface area contributed by atoms with E-state index < -0.39 is 23.4 Å². The highest BCUT2D eigenvalue weighted by Gasteiger charge is 2.49. The second kappa shape index (κ2) is 4.82. The Kier molecular flexibility index (Phi) is 3.41. The molecule has 0 radical (unpaired) electrons. The molecule has 9 heteroatoms. The van der Waals surface area contributed by atoms with Crippen molar-refractivity contribution in [1.82, 2.24) is 5.32 Å². The van der Waals surface area contributed by atoms with E-state index in [-0.39, 0.29) is 31.7 Å². The highest BCUT2D eigenvalue weighted by molar-refractivity contribution is 5.78. The van der Waals surface area contributed by atoms with Crippen molar-refractivity contribution in [3.8, 4) is 0 Å². The van der Waals surface area contributed by atoms with Crippen molar-refractivity contribution >= 4 is 5.91 Å². The summed E-state index contributed by atoms with van der Waals surface area (Å²) < 4.78 is 10.7. The van der Waals surface area contributed by atoms with Gasteiger partial charge in [0.05, 0.1) is 25.8 Å². The summed E-state index contributed by atoms with van der Waals surface area (Å²) in [7, 11) is 0. The largest absolute Gasteiger partial charge is 0.371 e. The van der Waals surface area contributed by atoms with Crippen molar-refractivity contribution in [3.63, 3.8) is 0 Å². The van der Waals surface area contributed by atoms with Gasteiger partial charge in [-0.3, -0.25) is 4.79 Å². The number of rotatable bonds is 4. The SMILES string of the molecule is NCC(=O)N[C@@H]1CO[C@@H]2C(O[N+](=O)[O-])CO[C@@H]21. The van der Waals surface area contributed by atoms with E-state index in [0.29, 0.717) is 0 Å². The van der Waals surface area contributed by atoms with Gasteiger partial charge >= 0.3 is 0 Å². The first kappa shape index (κ1) is 12.0. The molecule has 2 heterocycles. The molecule has 0 aliphatic carbocycles. The van der Waals surface area contributed by atoms with Gasteiger partial charge in [-0.05, 0) is 0 Å². The van der Waals surface area contributed by atoms with Crippen LogP contribution >= 0.6 is 0 Å². The normalized spacial score (nSPS) is 35.4. The molecule has 96 valence electrons. The van der Waals surface area contributed by atoms with Crippen molar-refractivity contribution in [2.75, 3.05) is 19.8 Å². The van der Waals surface area contributed by atoms with Crippen LogP contribution in [0.2, 0.25) is 0 Å². The van der Waals surface area contributed by atoms with Crippen molar-refractivity contribution in [2.45, 2.75) is 24.4 Å². The lowest BCUT2D eigenvalue weighted by Crippen LogP contribution is -2.46.